The number of anilines is 1. The quantitative estimate of drug-likeness (QED) is 0.195. The molecule has 2 aromatic rings. The number of benzene rings is 2. The van der Waals surface area contributed by atoms with Crippen molar-refractivity contribution in [3.05, 3.63) is 68.7 Å². The van der Waals surface area contributed by atoms with Crippen LogP contribution in [0.4, 0.5) is 5.69 Å². The fraction of sp³-hybridized carbons (Fsp3) is 0.559. The van der Waals surface area contributed by atoms with Gasteiger partial charge in [-0.2, -0.15) is 0 Å². The molecule has 1 atom stereocenters. The molecule has 1 unspecified atom stereocenters. The Bertz CT molecular complexity index is 1180. The second-order valence-corrected chi connectivity index (χ2v) is 12.8. The summed E-state index contributed by atoms with van der Waals surface area (Å²) in [5, 5.41) is 9.99. The van der Waals surface area contributed by atoms with E-state index in [0.29, 0.717) is 31.8 Å². The normalized spacial score (nSPS) is 18.9. The third kappa shape index (κ3) is 9.55. The Morgan fingerprint density at radius 2 is 1.88 bits per heavy atom. The highest BCUT2D eigenvalue weighted by Gasteiger charge is 2.32. The van der Waals surface area contributed by atoms with Crippen molar-refractivity contribution in [1.29, 1.82) is 0 Å². The third-order valence-corrected chi connectivity index (χ3v) is 8.86. The van der Waals surface area contributed by atoms with Crippen LogP contribution in [0.2, 0.25) is 5.02 Å². The van der Waals surface area contributed by atoms with Gasteiger partial charge < -0.3 is 19.5 Å². The van der Waals surface area contributed by atoms with Gasteiger partial charge in [0.1, 0.15) is 0 Å². The van der Waals surface area contributed by atoms with E-state index in [1.165, 1.54) is 23.1 Å². The number of allylic oxidation sites excluding steroid dienone is 1. The summed E-state index contributed by atoms with van der Waals surface area (Å²) in [6, 6.07) is 14.3. The predicted octanol–water partition coefficient (Wildman–Crippen LogP) is 7.86. The Kier molecular flexibility index (Phi) is 13.8. The van der Waals surface area contributed by atoms with E-state index >= 15 is 0 Å². The minimum atomic E-state index is -0.318. The number of hydrogen-bond donors (Lipinski definition) is 1. The molecule has 1 aliphatic heterocycles. The van der Waals surface area contributed by atoms with E-state index in [4.69, 9.17) is 21.1 Å². The summed E-state index contributed by atoms with van der Waals surface area (Å²) in [5.74, 6) is -0.318. The Morgan fingerprint density at radius 3 is 2.55 bits per heavy atom. The second kappa shape index (κ2) is 16.8. The molecule has 1 N–H and O–H groups in total. The van der Waals surface area contributed by atoms with Crippen LogP contribution in [-0.2, 0) is 9.47 Å². The monoisotopic (exact) mass is 662 g/mol. The number of esters is 1. The number of aliphatic hydroxyl groups excluding tert-OH is 1. The van der Waals surface area contributed by atoms with E-state index in [1.807, 2.05) is 51.1 Å². The molecule has 0 radical (unpaired) electrons. The van der Waals surface area contributed by atoms with Crippen molar-refractivity contribution >= 4 is 44.8 Å². The molecule has 8 heteroatoms. The van der Waals surface area contributed by atoms with Gasteiger partial charge in [-0.3, -0.25) is 4.90 Å². The lowest BCUT2D eigenvalue weighted by atomic mass is 9.72. The van der Waals surface area contributed by atoms with Gasteiger partial charge in [0.2, 0.25) is 0 Å². The van der Waals surface area contributed by atoms with Crippen molar-refractivity contribution < 1.29 is 19.4 Å². The highest BCUT2D eigenvalue weighted by Crippen LogP contribution is 2.43. The highest BCUT2D eigenvalue weighted by atomic mass is 79.9. The number of rotatable bonds is 11. The number of hydrogen-bond acceptors (Lipinski definition) is 6. The van der Waals surface area contributed by atoms with Crippen LogP contribution in [0.1, 0.15) is 76.2 Å². The fourth-order valence-corrected chi connectivity index (χ4v) is 6.32. The van der Waals surface area contributed by atoms with Crippen LogP contribution in [0.5, 0.6) is 0 Å². The molecule has 1 fully saturated rings. The molecule has 6 nitrogen and oxygen atoms in total. The van der Waals surface area contributed by atoms with Gasteiger partial charge >= 0.3 is 5.97 Å². The van der Waals surface area contributed by atoms with Crippen LogP contribution in [0, 0.1) is 5.41 Å². The molecule has 2 aliphatic rings. The van der Waals surface area contributed by atoms with Gasteiger partial charge in [-0.1, -0.05) is 57.0 Å². The molecule has 4 rings (SSSR count). The molecule has 42 heavy (non-hydrogen) atoms. The van der Waals surface area contributed by atoms with E-state index in [0.717, 1.165) is 54.2 Å². The summed E-state index contributed by atoms with van der Waals surface area (Å²) in [5.41, 5.74) is 6.11. The van der Waals surface area contributed by atoms with Crippen molar-refractivity contribution in [3.63, 3.8) is 0 Å². The van der Waals surface area contributed by atoms with Crippen molar-refractivity contribution in [1.82, 2.24) is 4.90 Å². The zero-order valence-corrected chi connectivity index (χ0v) is 28.3. The molecule has 0 amide bonds. The van der Waals surface area contributed by atoms with E-state index < -0.39 is 0 Å². The molecule has 0 aromatic heterocycles. The lowest BCUT2D eigenvalue weighted by Crippen LogP contribution is -2.55. The number of piperazine rings is 1. The molecular weight excluding hydrogens is 616 g/mol. The summed E-state index contributed by atoms with van der Waals surface area (Å²) >= 11 is 9.79. The maximum Gasteiger partial charge on any atom is 0.339 e. The van der Waals surface area contributed by atoms with Gasteiger partial charge in [0, 0.05) is 54.6 Å². The molecule has 2 aromatic carbocycles. The van der Waals surface area contributed by atoms with E-state index in [-0.39, 0.29) is 24.0 Å². The molecule has 0 spiro atoms. The number of carbonyl (C=O) groups is 1. The summed E-state index contributed by atoms with van der Waals surface area (Å²) in [4.78, 5) is 17.2. The summed E-state index contributed by atoms with van der Waals surface area (Å²) in [6.45, 7) is 15.7. The molecule has 1 heterocycles. The lowest BCUT2D eigenvalue weighted by Gasteiger charge is -2.44. The Hall–Kier alpha value is -1.90. The Labute approximate surface area is 266 Å². The van der Waals surface area contributed by atoms with Crippen LogP contribution in [0.3, 0.4) is 0 Å². The average Bonchev–Trinajstić information content (AvgIpc) is 2.98. The van der Waals surface area contributed by atoms with Gasteiger partial charge in [-0.05, 0) is 95.4 Å². The number of halogens is 2. The third-order valence-electron chi connectivity index (χ3n) is 7.95. The van der Waals surface area contributed by atoms with E-state index in [2.05, 4.69) is 51.7 Å². The Morgan fingerprint density at radius 1 is 1.14 bits per heavy atom. The van der Waals surface area contributed by atoms with Gasteiger partial charge in [0.05, 0.1) is 24.8 Å². The van der Waals surface area contributed by atoms with Crippen LogP contribution < -0.4 is 4.90 Å². The standard InChI is InChI=1S/C32H42BrClN2O4.C2H6/c1-4-40-31(38)28-11-10-26(18-30(28)33)36-15-14-35(27(21-36)22-39-17-5-16-37)20-24-12-13-32(2,3)19-29(24)23-6-8-25(34)9-7-23;1-2/h6-11,18,27,37H,4-5,12-17,19-22H2,1-3H3;1-2H3. The van der Waals surface area contributed by atoms with Crippen molar-refractivity contribution in [2.24, 2.45) is 5.41 Å². The zero-order chi connectivity index (χ0) is 30.7. The van der Waals surface area contributed by atoms with Crippen molar-refractivity contribution in [3.8, 4) is 0 Å². The van der Waals surface area contributed by atoms with Gasteiger partial charge in [-0.15, -0.1) is 0 Å². The number of carbonyl (C=O) groups excluding carboxylic acids is 1. The van der Waals surface area contributed by atoms with Crippen molar-refractivity contribution in [2.45, 2.75) is 66.3 Å². The molecule has 1 saturated heterocycles. The summed E-state index contributed by atoms with van der Waals surface area (Å²) in [7, 11) is 0. The predicted molar refractivity (Wildman–Crippen MR) is 178 cm³/mol. The average molecular weight is 664 g/mol. The molecule has 232 valence electrons. The smallest absolute Gasteiger partial charge is 0.339 e. The second-order valence-electron chi connectivity index (χ2n) is 11.5. The van der Waals surface area contributed by atoms with Crippen LogP contribution in [0.25, 0.3) is 5.57 Å². The fourth-order valence-electron chi connectivity index (χ4n) is 5.66. The first-order valence-corrected chi connectivity index (χ1v) is 16.5. The minimum absolute atomic E-state index is 0.133. The SMILES string of the molecule is CC.CCOC(=O)c1ccc(N2CCN(CC3=C(c4ccc(Cl)cc4)CC(C)(C)CC3)C(COCCCO)C2)cc1Br. The maximum absolute atomic E-state index is 12.3. The van der Waals surface area contributed by atoms with Crippen LogP contribution in [0.15, 0.2) is 52.5 Å². The number of aliphatic hydroxyl groups is 1. The number of ether oxygens (including phenoxy) is 2. The first kappa shape index (κ1) is 34.6. The zero-order valence-electron chi connectivity index (χ0n) is 25.9. The first-order chi connectivity index (χ1) is 20.2. The van der Waals surface area contributed by atoms with Gasteiger partial charge in [0.25, 0.3) is 0 Å². The van der Waals surface area contributed by atoms with Crippen LogP contribution >= 0.6 is 27.5 Å². The number of nitrogens with zero attached hydrogens (tertiary/aromatic N) is 2. The molecule has 0 bridgehead atoms. The largest absolute Gasteiger partial charge is 0.462 e. The molecule has 1 aliphatic carbocycles. The first-order valence-electron chi connectivity index (χ1n) is 15.3. The summed E-state index contributed by atoms with van der Waals surface area (Å²) < 4.78 is 12.0. The lowest BCUT2D eigenvalue weighted by molar-refractivity contribution is 0.0502. The topological polar surface area (TPSA) is 62.2 Å². The maximum atomic E-state index is 12.3. The Balaban J connectivity index is 0.00000237. The van der Waals surface area contributed by atoms with E-state index in [9.17, 15) is 9.90 Å². The van der Waals surface area contributed by atoms with Gasteiger partial charge in [0.15, 0.2) is 0 Å². The van der Waals surface area contributed by atoms with Crippen LogP contribution in [-0.4, -0.2) is 74.6 Å². The molecular formula is C34H48BrClN2O4. The van der Waals surface area contributed by atoms with Gasteiger partial charge in [-0.25, -0.2) is 4.79 Å². The summed E-state index contributed by atoms with van der Waals surface area (Å²) in [6.07, 6.45) is 3.96. The minimum Gasteiger partial charge on any atom is -0.462 e. The van der Waals surface area contributed by atoms with E-state index in [1.54, 1.807) is 0 Å². The highest BCUT2D eigenvalue weighted by molar-refractivity contribution is 9.10. The van der Waals surface area contributed by atoms with Crippen molar-refractivity contribution in [2.75, 3.05) is 57.5 Å². The molecule has 0 saturated carbocycles.